The van der Waals surface area contributed by atoms with Crippen molar-refractivity contribution < 1.29 is 9.90 Å². The maximum Gasteiger partial charge on any atom is 0.306 e. The highest BCUT2D eigenvalue weighted by atomic mass is 16.4. The number of carboxylic acid groups (broad SMARTS) is 1. The van der Waals surface area contributed by atoms with Crippen molar-refractivity contribution in [2.45, 2.75) is 20.3 Å². The molecule has 2 atom stereocenters. The van der Waals surface area contributed by atoms with Gasteiger partial charge in [-0.2, -0.15) is 5.10 Å². The van der Waals surface area contributed by atoms with Crippen LogP contribution in [-0.2, 0) is 18.3 Å². The van der Waals surface area contributed by atoms with E-state index in [1.807, 2.05) is 6.92 Å². The highest BCUT2D eigenvalue weighted by molar-refractivity contribution is 5.69. The van der Waals surface area contributed by atoms with E-state index in [0.29, 0.717) is 6.42 Å². The molecule has 78 valence electrons. The van der Waals surface area contributed by atoms with Crippen LogP contribution in [0.1, 0.15) is 19.7 Å². The summed E-state index contributed by atoms with van der Waals surface area (Å²) in [5.41, 5.74) is 0. The smallest absolute Gasteiger partial charge is 0.306 e. The topological polar surface area (TPSA) is 68.0 Å². The summed E-state index contributed by atoms with van der Waals surface area (Å²) in [6.45, 7) is 3.62. The van der Waals surface area contributed by atoms with Gasteiger partial charge in [0.1, 0.15) is 12.2 Å². The molecule has 0 aliphatic heterocycles. The maximum absolute atomic E-state index is 10.7. The van der Waals surface area contributed by atoms with Gasteiger partial charge in [0.15, 0.2) is 0 Å². The molecule has 0 spiro atoms. The van der Waals surface area contributed by atoms with Gasteiger partial charge in [-0.05, 0) is 5.92 Å². The highest BCUT2D eigenvalue weighted by Crippen LogP contribution is 2.15. The van der Waals surface area contributed by atoms with Crippen LogP contribution >= 0.6 is 0 Å². The van der Waals surface area contributed by atoms with Crippen LogP contribution in [0.3, 0.4) is 0 Å². The summed E-state index contributed by atoms with van der Waals surface area (Å²) in [4.78, 5) is 14.8. The Morgan fingerprint density at radius 2 is 2.29 bits per heavy atom. The molecular formula is C9H15N3O2. The molecule has 1 heterocycles. The van der Waals surface area contributed by atoms with Crippen LogP contribution in [0.5, 0.6) is 0 Å². The molecule has 14 heavy (non-hydrogen) atoms. The first-order chi connectivity index (χ1) is 6.52. The molecule has 1 aromatic rings. The van der Waals surface area contributed by atoms with Gasteiger partial charge in [0.2, 0.25) is 0 Å². The van der Waals surface area contributed by atoms with Crippen LogP contribution in [0.4, 0.5) is 0 Å². The van der Waals surface area contributed by atoms with E-state index >= 15 is 0 Å². The number of aromatic nitrogens is 3. The van der Waals surface area contributed by atoms with Gasteiger partial charge in [-0.15, -0.1) is 0 Å². The standard InChI is InChI=1S/C9H15N3O2/c1-6(7(2)9(13)14)4-8-10-5-11-12(8)3/h5-7H,4H2,1-3H3,(H,13,14). The molecule has 2 unspecified atom stereocenters. The average Bonchev–Trinajstić information content (AvgIpc) is 2.50. The first kappa shape index (κ1) is 10.7. The van der Waals surface area contributed by atoms with Gasteiger partial charge < -0.3 is 5.11 Å². The van der Waals surface area contributed by atoms with E-state index < -0.39 is 5.97 Å². The minimum absolute atomic E-state index is 0.0652. The number of nitrogens with zero attached hydrogens (tertiary/aromatic N) is 3. The molecule has 5 nitrogen and oxygen atoms in total. The van der Waals surface area contributed by atoms with Crippen LogP contribution in [0, 0.1) is 11.8 Å². The van der Waals surface area contributed by atoms with Crippen molar-refractivity contribution in [3.05, 3.63) is 12.2 Å². The summed E-state index contributed by atoms with van der Waals surface area (Å²) in [5.74, 6) is -0.229. The van der Waals surface area contributed by atoms with E-state index in [0.717, 1.165) is 5.82 Å². The largest absolute Gasteiger partial charge is 0.481 e. The second-order valence-corrected chi connectivity index (χ2v) is 3.61. The lowest BCUT2D eigenvalue weighted by atomic mass is 9.93. The molecular weight excluding hydrogens is 182 g/mol. The van der Waals surface area contributed by atoms with Crippen molar-refractivity contribution in [1.29, 1.82) is 0 Å². The molecule has 0 saturated heterocycles. The summed E-state index contributed by atoms with van der Waals surface area (Å²) in [7, 11) is 1.81. The zero-order valence-corrected chi connectivity index (χ0v) is 8.64. The molecule has 1 rings (SSSR count). The van der Waals surface area contributed by atoms with Crippen molar-refractivity contribution in [1.82, 2.24) is 14.8 Å². The quantitative estimate of drug-likeness (QED) is 0.772. The first-order valence-corrected chi connectivity index (χ1v) is 4.58. The molecule has 0 bridgehead atoms. The molecule has 1 N–H and O–H groups in total. The Morgan fingerprint density at radius 1 is 1.64 bits per heavy atom. The molecule has 1 aromatic heterocycles. The molecule has 0 fully saturated rings. The number of hydrogen-bond donors (Lipinski definition) is 1. The Labute approximate surface area is 82.8 Å². The van der Waals surface area contributed by atoms with E-state index in [-0.39, 0.29) is 11.8 Å². The predicted molar refractivity (Wildman–Crippen MR) is 50.7 cm³/mol. The number of aryl methyl sites for hydroxylation is 1. The van der Waals surface area contributed by atoms with Crippen molar-refractivity contribution >= 4 is 5.97 Å². The second kappa shape index (κ2) is 4.21. The number of carboxylic acids is 1. The summed E-state index contributed by atoms with van der Waals surface area (Å²) < 4.78 is 1.67. The maximum atomic E-state index is 10.7. The minimum Gasteiger partial charge on any atom is -0.481 e. The lowest BCUT2D eigenvalue weighted by Gasteiger charge is -2.14. The lowest BCUT2D eigenvalue weighted by Crippen LogP contribution is -2.21. The Balaban J connectivity index is 2.61. The molecule has 0 radical (unpaired) electrons. The van der Waals surface area contributed by atoms with Gasteiger partial charge >= 0.3 is 5.97 Å². The van der Waals surface area contributed by atoms with Crippen LogP contribution < -0.4 is 0 Å². The zero-order valence-electron chi connectivity index (χ0n) is 8.64. The minimum atomic E-state index is -0.764. The Bertz CT molecular complexity index is 322. The fourth-order valence-corrected chi connectivity index (χ4v) is 1.21. The van der Waals surface area contributed by atoms with E-state index in [1.54, 1.807) is 18.7 Å². The van der Waals surface area contributed by atoms with Gasteiger partial charge in [0, 0.05) is 13.5 Å². The number of aliphatic carboxylic acids is 1. The van der Waals surface area contributed by atoms with Gasteiger partial charge in [0.25, 0.3) is 0 Å². The van der Waals surface area contributed by atoms with Gasteiger partial charge in [-0.25, -0.2) is 4.98 Å². The van der Waals surface area contributed by atoms with Crippen LogP contribution in [0.2, 0.25) is 0 Å². The zero-order chi connectivity index (χ0) is 10.7. The third-order valence-electron chi connectivity index (χ3n) is 2.55. The Morgan fingerprint density at radius 3 is 2.71 bits per heavy atom. The number of rotatable bonds is 4. The predicted octanol–water partition coefficient (Wildman–Crippen LogP) is 0.714. The van der Waals surface area contributed by atoms with Gasteiger partial charge in [0.05, 0.1) is 5.92 Å². The molecule has 5 heteroatoms. The Kier molecular flexibility index (Phi) is 3.22. The van der Waals surface area contributed by atoms with Crippen LogP contribution in [0.15, 0.2) is 6.33 Å². The summed E-state index contributed by atoms with van der Waals surface area (Å²) in [6.07, 6.45) is 2.12. The van der Waals surface area contributed by atoms with Gasteiger partial charge in [-0.3, -0.25) is 9.48 Å². The van der Waals surface area contributed by atoms with E-state index in [1.165, 1.54) is 6.33 Å². The number of hydrogen-bond acceptors (Lipinski definition) is 3. The molecule has 0 saturated carbocycles. The third kappa shape index (κ3) is 2.31. The monoisotopic (exact) mass is 197 g/mol. The Hall–Kier alpha value is -1.39. The first-order valence-electron chi connectivity index (χ1n) is 4.58. The van der Waals surface area contributed by atoms with Gasteiger partial charge in [-0.1, -0.05) is 13.8 Å². The fourth-order valence-electron chi connectivity index (χ4n) is 1.21. The third-order valence-corrected chi connectivity index (χ3v) is 2.55. The molecule has 0 aromatic carbocycles. The average molecular weight is 197 g/mol. The lowest BCUT2D eigenvalue weighted by molar-refractivity contribution is -0.142. The molecule has 0 amide bonds. The van der Waals surface area contributed by atoms with E-state index in [2.05, 4.69) is 10.1 Å². The number of carbonyl (C=O) groups is 1. The fraction of sp³-hybridized carbons (Fsp3) is 0.667. The van der Waals surface area contributed by atoms with Crippen LogP contribution in [-0.4, -0.2) is 25.8 Å². The van der Waals surface area contributed by atoms with Crippen molar-refractivity contribution in [3.63, 3.8) is 0 Å². The normalized spacial score (nSPS) is 15.1. The van der Waals surface area contributed by atoms with Crippen LogP contribution in [0.25, 0.3) is 0 Å². The highest BCUT2D eigenvalue weighted by Gasteiger charge is 2.20. The van der Waals surface area contributed by atoms with Crippen molar-refractivity contribution in [3.8, 4) is 0 Å². The van der Waals surface area contributed by atoms with E-state index in [9.17, 15) is 4.79 Å². The van der Waals surface area contributed by atoms with Crippen molar-refractivity contribution in [2.75, 3.05) is 0 Å². The SMILES string of the molecule is CC(Cc1ncnn1C)C(C)C(=O)O. The summed E-state index contributed by atoms with van der Waals surface area (Å²) >= 11 is 0. The van der Waals surface area contributed by atoms with Crippen molar-refractivity contribution in [2.24, 2.45) is 18.9 Å². The van der Waals surface area contributed by atoms with E-state index in [4.69, 9.17) is 5.11 Å². The summed E-state index contributed by atoms with van der Waals surface area (Å²) in [5, 5.41) is 12.7. The molecule has 0 aliphatic carbocycles. The second-order valence-electron chi connectivity index (χ2n) is 3.61. The summed E-state index contributed by atoms with van der Waals surface area (Å²) in [6, 6.07) is 0. The molecule has 0 aliphatic rings.